The van der Waals surface area contributed by atoms with Gasteiger partial charge < -0.3 is 4.18 Å². The summed E-state index contributed by atoms with van der Waals surface area (Å²) in [6.45, 7) is 0.701. The molecule has 1 rings (SSSR count). The smallest absolute Gasteiger partial charge is 0.219 e. The molecule has 45 valence electrons. The third kappa shape index (κ3) is 1.84. The van der Waals surface area contributed by atoms with Gasteiger partial charge in [0.1, 0.15) is 0 Å². The summed E-state index contributed by atoms with van der Waals surface area (Å²) in [5, 5.41) is 0.0440. The van der Waals surface area contributed by atoms with Crippen LogP contribution >= 0.6 is 12.0 Å². The van der Waals surface area contributed by atoms with Crippen molar-refractivity contribution in [2.45, 2.75) is 12.8 Å². The predicted octanol–water partition coefficient (Wildman–Crippen LogP) is 1.18. The molecule has 0 saturated carbocycles. The zero-order chi connectivity index (χ0) is 5.82. The molecule has 0 aromatic heterocycles. The molecule has 0 unspecified atom stereocenters. The van der Waals surface area contributed by atoms with Crippen LogP contribution in [0.4, 0.5) is 0 Å². The summed E-state index contributed by atoms with van der Waals surface area (Å²) in [6.07, 6.45) is 3.50. The van der Waals surface area contributed by atoms with Crippen LogP contribution in [0.15, 0.2) is 0 Å². The van der Waals surface area contributed by atoms with Gasteiger partial charge in [0, 0.05) is 6.42 Å². The van der Waals surface area contributed by atoms with Crippen LogP contribution in [0.3, 0.4) is 0 Å². The Morgan fingerprint density at radius 1 is 1.75 bits per heavy atom. The Hall–Kier alpha value is -0.0200. The van der Waals surface area contributed by atoms with Crippen LogP contribution in [0.5, 0.6) is 0 Å². The maximum atomic E-state index is 10.5. The Kier molecular flexibility index (Phi) is 2.36. The van der Waals surface area contributed by atoms with Gasteiger partial charge in [-0.15, -0.1) is 0 Å². The van der Waals surface area contributed by atoms with Crippen LogP contribution in [0, 0.1) is 6.42 Å². The zero-order valence-corrected chi connectivity index (χ0v) is 5.24. The first-order valence-corrected chi connectivity index (χ1v) is 3.30. The molecule has 0 atom stereocenters. The van der Waals surface area contributed by atoms with Gasteiger partial charge in [0.05, 0.1) is 18.6 Å². The molecule has 0 aromatic rings. The molecule has 1 aliphatic rings. The summed E-state index contributed by atoms with van der Waals surface area (Å²) in [5.74, 6) is 0. The van der Waals surface area contributed by atoms with Gasteiger partial charge in [-0.3, -0.25) is 4.79 Å². The molecule has 0 aliphatic carbocycles. The predicted molar refractivity (Wildman–Crippen MR) is 32.1 cm³/mol. The number of hydrogen-bond acceptors (Lipinski definition) is 3. The van der Waals surface area contributed by atoms with E-state index in [2.05, 4.69) is 0 Å². The molecule has 0 N–H and O–H groups in total. The molecule has 8 heavy (non-hydrogen) atoms. The maximum absolute atomic E-state index is 10.5. The molecule has 1 heterocycles. The lowest BCUT2D eigenvalue weighted by Gasteiger charge is -1.88. The van der Waals surface area contributed by atoms with Gasteiger partial charge in [-0.1, -0.05) is 0 Å². The highest BCUT2D eigenvalue weighted by molar-refractivity contribution is 8.09. The van der Waals surface area contributed by atoms with Gasteiger partial charge in [-0.2, -0.15) is 0 Å². The van der Waals surface area contributed by atoms with E-state index in [-0.39, 0.29) is 5.12 Å². The van der Waals surface area contributed by atoms with Crippen molar-refractivity contribution in [1.82, 2.24) is 0 Å². The highest BCUT2D eigenvalue weighted by atomic mass is 32.2. The Morgan fingerprint density at radius 3 is 3.50 bits per heavy atom. The largest absolute Gasteiger partial charge is 0.308 e. The maximum Gasteiger partial charge on any atom is 0.219 e. The Morgan fingerprint density at radius 2 is 2.62 bits per heavy atom. The molecular weight excluding hydrogens is 124 g/mol. The van der Waals surface area contributed by atoms with E-state index >= 15 is 0 Å². The fourth-order valence-corrected chi connectivity index (χ4v) is 0.999. The topological polar surface area (TPSA) is 26.3 Å². The Labute approximate surface area is 52.8 Å². The van der Waals surface area contributed by atoms with E-state index in [0.29, 0.717) is 6.61 Å². The average Bonchev–Trinajstić information content (AvgIpc) is 1.94. The van der Waals surface area contributed by atoms with Crippen molar-refractivity contribution in [3.8, 4) is 0 Å². The van der Waals surface area contributed by atoms with Crippen molar-refractivity contribution in [3.63, 3.8) is 0 Å². The first-order valence-electron chi connectivity index (χ1n) is 2.56. The van der Waals surface area contributed by atoms with E-state index in [4.69, 9.17) is 4.18 Å². The van der Waals surface area contributed by atoms with Crippen molar-refractivity contribution < 1.29 is 8.98 Å². The van der Waals surface area contributed by atoms with Crippen LogP contribution < -0.4 is 0 Å². The third-order valence-electron chi connectivity index (χ3n) is 0.884. The first-order chi connectivity index (χ1) is 3.89. The van der Waals surface area contributed by atoms with Crippen LogP contribution in [0.2, 0.25) is 0 Å². The fourth-order valence-electron chi connectivity index (χ4n) is 0.496. The molecule has 1 radical (unpaired) electrons. The molecule has 1 saturated heterocycles. The van der Waals surface area contributed by atoms with Crippen LogP contribution in [-0.4, -0.2) is 11.7 Å². The van der Waals surface area contributed by atoms with E-state index in [9.17, 15) is 4.79 Å². The van der Waals surface area contributed by atoms with Gasteiger partial charge in [0.25, 0.3) is 0 Å². The summed E-state index contributed by atoms with van der Waals surface area (Å²) >= 11 is 0.944. The minimum absolute atomic E-state index is 0.0440. The Balaban J connectivity index is 2.27. The van der Waals surface area contributed by atoms with E-state index in [1.807, 2.05) is 0 Å². The van der Waals surface area contributed by atoms with Crippen molar-refractivity contribution in [3.05, 3.63) is 6.42 Å². The zero-order valence-electron chi connectivity index (χ0n) is 4.42. The molecule has 1 aliphatic heterocycles. The highest BCUT2D eigenvalue weighted by Crippen LogP contribution is 2.14. The monoisotopic (exact) mass is 131 g/mol. The lowest BCUT2D eigenvalue weighted by Crippen LogP contribution is -1.86. The van der Waals surface area contributed by atoms with Crippen molar-refractivity contribution in [2.24, 2.45) is 0 Å². The molecule has 0 spiro atoms. The van der Waals surface area contributed by atoms with Gasteiger partial charge in [-0.05, 0) is 12.8 Å². The lowest BCUT2D eigenvalue weighted by atomic mass is 10.3. The normalized spacial score (nSPS) is 22.8. The van der Waals surface area contributed by atoms with Gasteiger partial charge in [0.2, 0.25) is 5.12 Å². The molecule has 1 fully saturated rings. The molecular formula is C5H7O2S. The first kappa shape index (κ1) is 6.11. The second-order valence-corrected chi connectivity index (χ2v) is 2.38. The molecule has 0 amide bonds. The standard InChI is InChI=1S/C5H7O2S/c6-5-3-1-2-4-7-8-5/h3H,1-2,4H2. The van der Waals surface area contributed by atoms with Crippen molar-refractivity contribution in [2.75, 3.05) is 6.61 Å². The summed E-state index contributed by atoms with van der Waals surface area (Å²) in [4.78, 5) is 10.5. The second kappa shape index (κ2) is 3.10. The Bertz CT molecular complexity index is 82.4. The SMILES string of the molecule is O=C1[CH]CCCOS1. The van der Waals surface area contributed by atoms with Crippen molar-refractivity contribution >= 4 is 17.2 Å². The molecule has 3 heteroatoms. The summed E-state index contributed by atoms with van der Waals surface area (Å²) < 4.78 is 4.84. The fraction of sp³-hybridized carbons (Fsp3) is 0.600. The van der Waals surface area contributed by atoms with Gasteiger partial charge in [0.15, 0.2) is 0 Å². The van der Waals surface area contributed by atoms with E-state index in [1.165, 1.54) is 0 Å². The third-order valence-corrected chi connectivity index (χ3v) is 1.50. The molecule has 0 bridgehead atoms. The quantitative estimate of drug-likeness (QED) is 0.462. The number of hydrogen-bond donors (Lipinski definition) is 0. The number of carbonyl (C=O) groups excluding carboxylic acids is 1. The lowest BCUT2D eigenvalue weighted by molar-refractivity contribution is -0.108. The number of rotatable bonds is 0. The summed E-state index contributed by atoms with van der Waals surface area (Å²) in [5.41, 5.74) is 0. The van der Waals surface area contributed by atoms with E-state index in [0.717, 1.165) is 24.9 Å². The average molecular weight is 131 g/mol. The molecule has 0 aromatic carbocycles. The summed E-state index contributed by atoms with van der Waals surface area (Å²) in [6, 6.07) is 0. The number of carbonyl (C=O) groups is 1. The van der Waals surface area contributed by atoms with Crippen LogP contribution in [0.1, 0.15) is 12.8 Å². The minimum Gasteiger partial charge on any atom is -0.308 e. The van der Waals surface area contributed by atoms with Crippen molar-refractivity contribution in [1.29, 1.82) is 0 Å². The van der Waals surface area contributed by atoms with Gasteiger partial charge in [-0.25, -0.2) is 0 Å². The van der Waals surface area contributed by atoms with Gasteiger partial charge >= 0.3 is 0 Å². The van der Waals surface area contributed by atoms with E-state index < -0.39 is 0 Å². The minimum atomic E-state index is 0.0440. The highest BCUT2D eigenvalue weighted by Gasteiger charge is 2.07. The molecule has 2 nitrogen and oxygen atoms in total. The van der Waals surface area contributed by atoms with Crippen LogP contribution in [-0.2, 0) is 8.98 Å². The summed E-state index contributed by atoms with van der Waals surface area (Å²) in [7, 11) is 0. The second-order valence-electron chi connectivity index (χ2n) is 1.57. The van der Waals surface area contributed by atoms with Crippen LogP contribution in [0.25, 0.3) is 0 Å². The van der Waals surface area contributed by atoms with E-state index in [1.54, 1.807) is 6.42 Å².